The molecule has 122 valence electrons. The molecule has 1 amide bonds. The number of rotatable bonds is 4. The number of ether oxygens (including phenoxy) is 1. The van der Waals surface area contributed by atoms with Crippen molar-refractivity contribution < 1.29 is 14.6 Å². The molecule has 4 rings (SSSR count). The number of nitrogens with one attached hydrogen (secondary N) is 2. The van der Waals surface area contributed by atoms with E-state index in [9.17, 15) is 4.79 Å². The van der Waals surface area contributed by atoms with Crippen molar-refractivity contribution in [3.63, 3.8) is 0 Å². The number of anilines is 1. The third-order valence-corrected chi connectivity index (χ3v) is 4.36. The van der Waals surface area contributed by atoms with Crippen LogP contribution >= 0.6 is 0 Å². The van der Waals surface area contributed by atoms with Gasteiger partial charge < -0.3 is 20.1 Å². The molecule has 0 spiro atoms. The van der Waals surface area contributed by atoms with Gasteiger partial charge in [-0.15, -0.1) is 0 Å². The molecule has 1 aliphatic rings. The Labute approximate surface area is 139 Å². The lowest BCUT2D eigenvalue weighted by atomic mass is 9.88. The summed E-state index contributed by atoms with van der Waals surface area (Å²) in [6, 6.07) is 15.7. The van der Waals surface area contributed by atoms with Crippen LogP contribution in [-0.2, 0) is 4.79 Å². The summed E-state index contributed by atoms with van der Waals surface area (Å²) in [5, 5.41) is 12.9. The number of carbonyl (C=O) groups excluding carboxylic acids is 1. The van der Waals surface area contributed by atoms with Crippen LogP contribution in [0, 0.1) is 0 Å². The lowest BCUT2D eigenvalue weighted by Crippen LogP contribution is -2.23. The number of aliphatic hydroxyl groups is 1. The second kappa shape index (κ2) is 6.02. The molecular formula is C19H18N2O3. The minimum atomic E-state index is -0.0428. The van der Waals surface area contributed by atoms with Gasteiger partial charge in [0.1, 0.15) is 12.4 Å². The molecule has 3 aromatic rings. The summed E-state index contributed by atoms with van der Waals surface area (Å²) in [7, 11) is 0. The number of fused-ring (bicyclic) bond motifs is 3. The van der Waals surface area contributed by atoms with Crippen LogP contribution in [0.1, 0.15) is 23.6 Å². The van der Waals surface area contributed by atoms with E-state index < -0.39 is 0 Å². The van der Waals surface area contributed by atoms with Gasteiger partial charge in [0, 0.05) is 28.9 Å². The van der Waals surface area contributed by atoms with E-state index in [0.29, 0.717) is 12.2 Å². The molecule has 0 aliphatic carbocycles. The van der Waals surface area contributed by atoms with E-state index in [0.717, 1.165) is 27.8 Å². The van der Waals surface area contributed by atoms with Crippen LogP contribution in [0.4, 0.5) is 5.69 Å². The van der Waals surface area contributed by atoms with Gasteiger partial charge in [-0.05, 0) is 23.8 Å². The predicted molar refractivity (Wildman–Crippen MR) is 92.4 cm³/mol. The van der Waals surface area contributed by atoms with Crippen LogP contribution in [-0.4, -0.2) is 29.2 Å². The first-order chi connectivity index (χ1) is 11.8. The SMILES string of the molecule is O=C1CC(c2cccc(OCCO)c2)c2[nH]c3ccccc3c2N1. The molecular weight excluding hydrogens is 304 g/mol. The van der Waals surface area contributed by atoms with E-state index in [4.69, 9.17) is 9.84 Å². The molecule has 24 heavy (non-hydrogen) atoms. The van der Waals surface area contributed by atoms with Gasteiger partial charge in [0.15, 0.2) is 0 Å². The van der Waals surface area contributed by atoms with Crippen molar-refractivity contribution in [2.45, 2.75) is 12.3 Å². The van der Waals surface area contributed by atoms with E-state index in [-0.39, 0.29) is 25.0 Å². The number of benzene rings is 2. The number of hydrogen-bond donors (Lipinski definition) is 3. The summed E-state index contributed by atoms with van der Waals surface area (Å²) in [4.78, 5) is 15.7. The minimum Gasteiger partial charge on any atom is -0.491 e. The third-order valence-electron chi connectivity index (χ3n) is 4.36. The monoisotopic (exact) mass is 322 g/mol. The highest BCUT2D eigenvalue weighted by molar-refractivity contribution is 6.05. The van der Waals surface area contributed by atoms with E-state index in [2.05, 4.69) is 10.3 Å². The summed E-state index contributed by atoms with van der Waals surface area (Å²) >= 11 is 0. The fourth-order valence-electron chi connectivity index (χ4n) is 3.31. The standard InChI is InChI=1S/C19H18N2O3/c22-8-9-24-13-5-3-4-12(10-13)15-11-17(23)21-18-14-6-1-2-7-16(14)20-19(15)18/h1-7,10,15,20,22H,8-9,11H2,(H,21,23). The second-order valence-corrected chi connectivity index (χ2v) is 5.91. The van der Waals surface area contributed by atoms with Crippen LogP contribution < -0.4 is 10.1 Å². The van der Waals surface area contributed by atoms with Crippen LogP contribution in [0.25, 0.3) is 10.9 Å². The molecule has 1 aromatic heterocycles. The van der Waals surface area contributed by atoms with Crippen LogP contribution in [0.15, 0.2) is 48.5 Å². The fraction of sp³-hybridized carbons (Fsp3) is 0.211. The van der Waals surface area contributed by atoms with Crippen molar-refractivity contribution >= 4 is 22.5 Å². The molecule has 0 saturated carbocycles. The molecule has 2 aromatic carbocycles. The normalized spacial score (nSPS) is 16.7. The molecule has 0 fully saturated rings. The number of carbonyl (C=O) groups is 1. The Morgan fingerprint density at radius 2 is 2.04 bits per heavy atom. The van der Waals surface area contributed by atoms with Gasteiger partial charge >= 0.3 is 0 Å². The highest BCUT2D eigenvalue weighted by Gasteiger charge is 2.29. The topological polar surface area (TPSA) is 74.3 Å². The lowest BCUT2D eigenvalue weighted by Gasteiger charge is -2.23. The maximum atomic E-state index is 12.2. The predicted octanol–water partition coefficient (Wildman–Crippen LogP) is 3.01. The van der Waals surface area contributed by atoms with Gasteiger partial charge in [-0.25, -0.2) is 0 Å². The molecule has 5 nitrogen and oxygen atoms in total. The maximum absolute atomic E-state index is 12.2. The first-order valence-electron chi connectivity index (χ1n) is 8.00. The number of H-pyrrole nitrogens is 1. The third kappa shape index (κ3) is 2.53. The van der Waals surface area contributed by atoms with Gasteiger partial charge in [-0.2, -0.15) is 0 Å². The summed E-state index contributed by atoms with van der Waals surface area (Å²) in [6.45, 7) is 0.231. The summed E-state index contributed by atoms with van der Waals surface area (Å²) in [5.74, 6) is 0.669. The molecule has 0 bridgehead atoms. The maximum Gasteiger partial charge on any atom is 0.225 e. The van der Waals surface area contributed by atoms with E-state index in [1.807, 2.05) is 48.5 Å². The van der Waals surface area contributed by atoms with Crippen molar-refractivity contribution in [2.24, 2.45) is 0 Å². The average Bonchev–Trinajstić information content (AvgIpc) is 2.98. The van der Waals surface area contributed by atoms with E-state index in [1.165, 1.54) is 0 Å². The first kappa shape index (κ1) is 14.8. The fourth-order valence-corrected chi connectivity index (χ4v) is 3.31. The number of aromatic amines is 1. The quantitative estimate of drug-likeness (QED) is 0.691. The van der Waals surface area contributed by atoms with Crippen molar-refractivity contribution in [2.75, 3.05) is 18.5 Å². The van der Waals surface area contributed by atoms with E-state index >= 15 is 0 Å². The van der Waals surface area contributed by atoms with Crippen LogP contribution in [0.2, 0.25) is 0 Å². The van der Waals surface area contributed by atoms with Crippen molar-refractivity contribution in [1.82, 2.24) is 4.98 Å². The Balaban J connectivity index is 1.78. The highest BCUT2D eigenvalue weighted by atomic mass is 16.5. The van der Waals surface area contributed by atoms with Crippen LogP contribution in [0.5, 0.6) is 5.75 Å². The van der Waals surface area contributed by atoms with Gasteiger partial charge in [0.25, 0.3) is 0 Å². The first-order valence-corrected chi connectivity index (χ1v) is 8.00. The zero-order valence-electron chi connectivity index (χ0n) is 13.1. The average molecular weight is 322 g/mol. The van der Waals surface area contributed by atoms with Crippen LogP contribution in [0.3, 0.4) is 0 Å². The molecule has 0 radical (unpaired) electrons. The molecule has 1 aliphatic heterocycles. The Kier molecular flexibility index (Phi) is 3.70. The smallest absolute Gasteiger partial charge is 0.225 e. The zero-order valence-corrected chi connectivity index (χ0v) is 13.1. The Hall–Kier alpha value is -2.79. The Morgan fingerprint density at radius 1 is 1.17 bits per heavy atom. The van der Waals surface area contributed by atoms with Gasteiger partial charge in [-0.1, -0.05) is 30.3 Å². The van der Waals surface area contributed by atoms with Gasteiger partial charge in [-0.3, -0.25) is 4.79 Å². The number of aromatic nitrogens is 1. The van der Waals surface area contributed by atoms with Crippen molar-refractivity contribution in [1.29, 1.82) is 0 Å². The Bertz CT molecular complexity index is 901. The zero-order chi connectivity index (χ0) is 16.5. The van der Waals surface area contributed by atoms with Crippen molar-refractivity contribution in [3.8, 4) is 5.75 Å². The molecule has 3 N–H and O–H groups in total. The van der Waals surface area contributed by atoms with Gasteiger partial charge in [0.05, 0.1) is 12.3 Å². The van der Waals surface area contributed by atoms with E-state index in [1.54, 1.807) is 0 Å². The molecule has 2 heterocycles. The molecule has 1 atom stereocenters. The molecule has 5 heteroatoms. The number of para-hydroxylation sites is 1. The number of amides is 1. The molecule has 0 saturated heterocycles. The number of aliphatic hydroxyl groups excluding tert-OH is 1. The summed E-state index contributed by atoms with van der Waals surface area (Å²) in [6.07, 6.45) is 0.392. The van der Waals surface area contributed by atoms with Crippen molar-refractivity contribution in [3.05, 3.63) is 59.8 Å². The molecule has 1 unspecified atom stereocenters. The Morgan fingerprint density at radius 3 is 2.92 bits per heavy atom. The number of hydrogen-bond acceptors (Lipinski definition) is 3. The largest absolute Gasteiger partial charge is 0.491 e. The lowest BCUT2D eigenvalue weighted by molar-refractivity contribution is -0.116. The summed E-state index contributed by atoms with van der Waals surface area (Å²) < 4.78 is 5.50. The minimum absolute atomic E-state index is 0.0129. The second-order valence-electron chi connectivity index (χ2n) is 5.91. The highest BCUT2D eigenvalue weighted by Crippen LogP contribution is 2.41. The summed E-state index contributed by atoms with van der Waals surface area (Å²) in [5.41, 5.74) is 3.93. The van der Waals surface area contributed by atoms with Gasteiger partial charge in [0.2, 0.25) is 5.91 Å².